The van der Waals surface area contributed by atoms with E-state index in [2.05, 4.69) is 6.92 Å². The van der Waals surface area contributed by atoms with E-state index in [9.17, 15) is 9.00 Å². The smallest absolute Gasteiger partial charge is 0.172 e. The predicted molar refractivity (Wildman–Crippen MR) is 75.3 cm³/mol. The Labute approximate surface area is 110 Å². The Morgan fingerprint density at radius 1 is 1.29 bits per heavy atom. The first-order valence-electron chi connectivity index (χ1n) is 6.15. The van der Waals surface area contributed by atoms with Crippen LogP contribution in [-0.2, 0) is 10.8 Å². The van der Waals surface area contributed by atoms with Crippen LogP contribution in [0.5, 0.6) is 0 Å². The van der Waals surface area contributed by atoms with E-state index in [0.29, 0.717) is 12.2 Å². The molecule has 0 aliphatic heterocycles. The first-order valence-corrected chi connectivity index (χ1v) is 8.52. The minimum absolute atomic E-state index is 0.186. The van der Waals surface area contributed by atoms with Crippen molar-refractivity contribution in [3.63, 3.8) is 0 Å². The van der Waals surface area contributed by atoms with Gasteiger partial charge in [-0.2, -0.15) is 0 Å². The second kappa shape index (κ2) is 8.59. The molecule has 1 unspecified atom stereocenters. The number of hydrogen-bond donors (Lipinski definition) is 0. The van der Waals surface area contributed by atoms with Crippen molar-refractivity contribution in [2.24, 2.45) is 0 Å². The van der Waals surface area contributed by atoms with Crippen LogP contribution >= 0.6 is 11.3 Å². The molecule has 1 rings (SSSR count). The Morgan fingerprint density at radius 2 is 2.06 bits per heavy atom. The first-order chi connectivity index (χ1) is 8.24. The van der Waals surface area contributed by atoms with Gasteiger partial charge in [-0.1, -0.05) is 25.8 Å². The van der Waals surface area contributed by atoms with Crippen LogP contribution in [0, 0.1) is 0 Å². The van der Waals surface area contributed by atoms with E-state index in [1.165, 1.54) is 11.3 Å². The van der Waals surface area contributed by atoms with Crippen LogP contribution < -0.4 is 0 Å². The van der Waals surface area contributed by atoms with E-state index >= 15 is 0 Å². The Balaban J connectivity index is 2.11. The summed E-state index contributed by atoms with van der Waals surface area (Å²) in [7, 11) is -0.734. The van der Waals surface area contributed by atoms with Crippen LogP contribution in [0.2, 0.25) is 0 Å². The van der Waals surface area contributed by atoms with Crippen LogP contribution in [0.4, 0.5) is 0 Å². The van der Waals surface area contributed by atoms with Crippen LogP contribution in [0.3, 0.4) is 0 Å². The third kappa shape index (κ3) is 6.13. The molecule has 0 aliphatic rings. The Kier molecular flexibility index (Phi) is 7.37. The predicted octanol–water partition coefficient (Wildman–Crippen LogP) is 3.65. The standard InChI is InChI=1S/C13H20O2S2/c1-2-3-4-10-17(15)11-6-7-12(14)13-8-5-9-16-13/h5,8-9H,2-4,6-7,10-11H2,1H3. The summed E-state index contributed by atoms with van der Waals surface area (Å²) in [6.07, 6.45) is 4.63. The number of hydrogen-bond acceptors (Lipinski definition) is 3. The quantitative estimate of drug-likeness (QED) is 0.508. The lowest BCUT2D eigenvalue weighted by molar-refractivity contribution is 0.0986. The summed E-state index contributed by atoms with van der Waals surface area (Å²) in [5, 5.41) is 1.91. The van der Waals surface area contributed by atoms with Crippen LogP contribution in [0.15, 0.2) is 17.5 Å². The second-order valence-electron chi connectivity index (χ2n) is 4.06. The topological polar surface area (TPSA) is 34.1 Å². The molecular weight excluding hydrogens is 252 g/mol. The van der Waals surface area contributed by atoms with Crippen LogP contribution in [0.1, 0.15) is 48.7 Å². The average Bonchev–Trinajstić information content (AvgIpc) is 2.82. The number of Topliss-reactive ketones (excluding diaryl/α,β-unsaturated/α-hetero) is 1. The van der Waals surface area contributed by atoms with Crippen molar-refractivity contribution in [1.82, 2.24) is 0 Å². The fraction of sp³-hybridized carbons (Fsp3) is 0.615. The van der Waals surface area contributed by atoms with Crippen molar-refractivity contribution in [3.8, 4) is 0 Å². The number of carbonyl (C=O) groups is 1. The normalized spacial score (nSPS) is 12.5. The maximum Gasteiger partial charge on any atom is 0.172 e. The van der Waals surface area contributed by atoms with Gasteiger partial charge in [-0.15, -0.1) is 11.3 Å². The molecule has 2 nitrogen and oxygen atoms in total. The lowest BCUT2D eigenvalue weighted by Gasteiger charge is -2.01. The van der Waals surface area contributed by atoms with Gasteiger partial charge in [-0.3, -0.25) is 9.00 Å². The number of unbranched alkanes of at least 4 members (excludes halogenated alkanes) is 2. The molecule has 0 fully saturated rings. The maximum absolute atomic E-state index is 11.7. The van der Waals surface area contributed by atoms with Crippen molar-refractivity contribution < 1.29 is 9.00 Å². The van der Waals surface area contributed by atoms with E-state index in [4.69, 9.17) is 0 Å². The van der Waals surface area contributed by atoms with Gasteiger partial charge < -0.3 is 0 Å². The third-order valence-corrected chi connectivity index (χ3v) is 4.95. The number of carbonyl (C=O) groups excluding carboxylic acids is 1. The largest absolute Gasteiger partial charge is 0.293 e. The summed E-state index contributed by atoms with van der Waals surface area (Å²) in [6.45, 7) is 2.14. The van der Waals surface area contributed by atoms with Crippen molar-refractivity contribution in [3.05, 3.63) is 22.4 Å². The molecule has 1 aromatic heterocycles. The molecule has 0 amide bonds. The van der Waals surface area contributed by atoms with E-state index in [1.54, 1.807) is 0 Å². The zero-order valence-electron chi connectivity index (χ0n) is 10.3. The summed E-state index contributed by atoms with van der Waals surface area (Å²) in [6, 6.07) is 3.74. The highest BCUT2D eigenvalue weighted by atomic mass is 32.2. The van der Waals surface area contributed by atoms with Gasteiger partial charge in [-0.25, -0.2) is 0 Å². The highest BCUT2D eigenvalue weighted by Gasteiger charge is 2.07. The zero-order chi connectivity index (χ0) is 12.5. The molecule has 0 radical (unpaired) electrons. The molecule has 0 aliphatic carbocycles. The van der Waals surface area contributed by atoms with Gasteiger partial charge in [0, 0.05) is 28.7 Å². The van der Waals surface area contributed by atoms with Crippen molar-refractivity contribution in [2.45, 2.75) is 39.0 Å². The van der Waals surface area contributed by atoms with E-state index in [-0.39, 0.29) is 5.78 Å². The molecule has 4 heteroatoms. The monoisotopic (exact) mass is 272 g/mol. The Bertz CT molecular complexity index is 344. The fourth-order valence-corrected chi connectivity index (χ4v) is 3.46. The minimum atomic E-state index is -0.734. The summed E-state index contributed by atoms with van der Waals surface area (Å²) in [5.74, 6) is 1.65. The van der Waals surface area contributed by atoms with Crippen LogP contribution in [0.25, 0.3) is 0 Å². The summed E-state index contributed by atoms with van der Waals surface area (Å²) >= 11 is 1.48. The van der Waals surface area contributed by atoms with Crippen molar-refractivity contribution >= 4 is 27.9 Å². The molecule has 0 bridgehead atoms. The van der Waals surface area contributed by atoms with Gasteiger partial charge in [0.1, 0.15) is 0 Å². The molecule has 0 saturated heterocycles. The van der Waals surface area contributed by atoms with E-state index in [0.717, 1.165) is 36.3 Å². The fourth-order valence-electron chi connectivity index (χ4n) is 1.57. The van der Waals surface area contributed by atoms with Gasteiger partial charge in [0.25, 0.3) is 0 Å². The Hall–Kier alpha value is -0.480. The lowest BCUT2D eigenvalue weighted by Crippen LogP contribution is -2.05. The van der Waals surface area contributed by atoms with Crippen molar-refractivity contribution in [1.29, 1.82) is 0 Å². The molecule has 1 heterocycles. The molecule has 0 aromatic carbocycles. The first kappa shape index (κ1) is 14.6. The van der Waals surface area contributed by atoms with Gasteiger partial charge in [0.2, 0.25) is 0 Å². The number of thiophene rings is 1. The van der Waals surface area contributed by atoms with Crippen molar-refractivity contribution in [2.75, 3.05) is 11.5 Å². The molecule has 0 N–H and O–H groups in total. The molecule has 96 valence electrons. The molecule has 1 aromatic rings. The van der Waals surface area contributed by atoms with Gasteiger partial charge in [0.15, 0.2) is 5.78 Å². The highest BCUT2D eigenvalue weighted by Crippen LogP contribution is 2.12. The maximum atomic E-state index is 11.7. The van der Waals surface area contributed by atoms with E-state index < -0.39 is 10.8 Å². The highest BCUT2D eigenvalue weighted by molar-refractivity contribution is 7.84. The summed E-state index contributed by atoms with van der Waals surface area (Å²) in [4.78, 5) is 12.5. The summed E-state index contributed by atoms with van der Waals surface area (Å²) < 4.78 is 11.6. The molecular formula is C13H20O2S2. The average molecular weight is 272 g/mol. The third-order valence-electron chi connectivity index (χ3n) is 2.55. The molecule has 0 saturated carbocycles. The minimum Gasteiger partial charge on any atom is -0.293 e. The number of ketones is 1. The van der Waals surface area contributed by atoms with Gasteiger partial charge in [-0.05, 0) is 24.3 Å². The van der Waals surface area contributed by atoms with Gasteiger partial charge >= 0.3 is 0 Å². The molecule has 1 atom stereocenters. The lowest BCUT2D eigenvalue weighted by atomic mass is 10.2. The summed E-state index contributed by atoms with van der Waals surface area (Å²) in [5.41, 5.74) is 0. The Morgan fingerprint density at radius 3 is 2.71 bits per heavy atom. The zero-order valence-corrected chi connectivity index (χ0v) is 11.9. The van der Waals surface area contributed by atoms with E-state index in [1.807, 2.05) is 17.5 Å². The van der Waals surface area contributed by atoms with Crippen LogP contribution in [-0.4, -0.2) is 21.5 Å². The SMILES string of the molecule is CCCCCS(=O)CCCC(=O)c1cccs1. The molecule has 0 spiro atoms. The number of rotatable bonds is 9. The molecule has 17 heavy (non-hydrogen) atoms. The van der Waals surface area contributed by atoms with Gasteiger partial charge in [0.05, 0.1) is 4.88 Å². The second-order valence-corrected chi connectivity index (χ2v) is 6.70.